The van der Waals surface area contributed by atoms with E-state index in [2.05, 4.69) is 5.32 Å². The Hall–Kier alpha value is -3.03. The SMILES string of the molecule is O=C(N[C@@H](CN1CCCC1=O)c1cccc(C(F)(F)F)c1)[C@H]1COc2ccccc2C1. The predicted molar refractivity (Wildman–Crippen MR) is 107 cm³/mol. The molecule has 5 nitrogen and oxygen atoms in total. The Bertz CT molecular complexity index is 977. The first kappa shape index (κ1) is 21.2. The summed E-state index contributed by atoms with van der Waals surface area (Å²) < 4.78 is 45.4. The number of alkyl halides is 3. The van der Waals surface area contributed by atoms with Crippen LogP contribution in [-0.2, 0) is 22.2 Å². The second-order valence-corrected chi connectivity index (χ2v) is 7.95. The van der Waals surface area contributed by atoms with Crippen molar-refractivity contribution in [3.63, 3.8) is 0 Å². The molecule has 2 heterocycles. The van der Waals surface area contributed by atoms with Gasteiger partial charge >= 0.3 is 6.18 Å². The standard InChI is InChI=1S/C23H23F3N2O3/c24-23(25,26)18-7-3-6-15(12-18)19(13-28-10-4-9-21(28)29)27-22(30)17-11-16-5-1-2-8-20(16)31-14-17/h1-3,5-8,12,17,19H,4,9-11,13-14H2,(H,27,30)/t17-,19+/m1/s1. The van der Waals surface area contributed by atoms with E-state index >= 15 is 0 Å². The summed E-state index contributed by atoms with van der Waals surface area (Å²) >= 11 is 0. The lowest BCUT2D eigenvalue weighted by molar-refractivity contribution is -0.137. The first-order valence-electron chi connectivity index (χ1n) is 10.3. The Morgan fingerprint density at radius 3 is 2.74 bits per heavy atom. The van der Waals surface area contributed by atoms with Crippen molar-refractivity contribution < 1.29 is 27.5 Å². The fraction of sp³-hybridized carbons (Fsp3) is 0.391. The third-order valence-electron chi connectivity index (χ3n) is 5.76. The molecular formula is C23H23F3N2O3. The number of carbonyl (C=O) groups excluding carboxylic acids is 2. The highest BCUT2D eigenvalue weighted by Crippen LogP contribution is 2.32. The molecule has 0 spiro atoms. The third kappa shape index (κ3) is 4.84. The number of para-hydroxylation sites is 1. The molecule has 2 aromatic carbocycles. The Kier molecular flexibility index (Phi) is 5.89. The number of halogens is 3. The Labute approximate surface area is 178 Å². The fourth-order valence-corrected chi connectivity index (χ4v) is 4.07. The van der Waals surface area contributed by atoms with E-state index in [4.69, 9.17) is 4.74 Å². The topological polar surface area (TPSA) is 58.6 Å². The summed E-state index contributed by atoms with van der Waals surface area (Å²) in [5.41, 5.74) is 0.450. The molecule has 0 bridgehead atoms. The molecule has 2 aliphatic heterocycles. The van der Waals surface area contributed by atoms with Gasteiger partial charge in [-0.3, -0.25) is 9.59 Å². The van der Waals surface area contributed by atoms with Crippen LogP contribution in [0.5, 0.6) is 5.75 Å². The molecule has 2 aromatic rings. The van der Waals surface area contributed by atoms with Crippen molar-refractivity contribution in [2.45, 2.75) is 31.5 Å². The Morgan fingerprint density at radius 1 is 1.19 bits per heavy atom. The number of benzene rings is 2. The van der Waals surface area contributed by atoms with E-state index in [0.29, 0.717) is 31.4 Å². The zero-order chi connectivity index (χ0) is 22.0. The molecular weight excluding hydrogens is 409 g/mol. The molecule has 0 unspecified atom stereocenters. The number of nitrogens with zero attached hydrogens (tertiary/aromatic N) is 1. The molecule has 164 valence electrons. The zero-order valence-corrected chi connectivity index (χ0v) is 16.8. The van der Waals surface area contributed by atoms with Crippen molar-refractivity contribution in [1.29, 1.82) is 0 Å². The summed E-state index contributed by atoms with van der Waals surface area (Å²) in [6.07, 6.45) is -2.89. The lowest BCUT2D eigenvalue weighted by Gasteiger charge is -2.29. The number of amides is 2. The van der Waals surface area contributed by atoms with E-state index < -0.39 is 23.7 Å². The van der Waals surface area contributed by atoms with Crippen LogP contribution in [-0.4, -0.2) is 36.4 Å². The predicted octanol–water partition coefficient (Wildman–Crippen LogP) is 3.74. The summed E-state index contributed by atoms with van der Waals surface area (Å²) in [6.45, 7) is 0.862. The molecule has 2 atom stereocenters. The summed E-state index contributed by atoms with van der Waals surface area (Å²) in [6, 6.07) is 11.6. The molecule has 31 heavy (non-hydrogen) atoms. The van der Waals surface area contributed by atoms with E-state index in [9.17, 15) is 22.8 Å². The smallest absolute Gasteiger partial charge is 0.416 e. The van der Waals surface area contributed by atoms with Gasteiger partial charge in [-0.25, -0.2) is 0 Å². The molecule has 0 aromatic heterocycles. The van der Waals surface area contributed by atoms with Gasteiger partial charge in [-0.2, -0.15) is 13.2 Å². The number of likely N-dealkylation sites (tertiary alicyclic amines) is 1. The number of carbonyl (C=O) groups is 2. The molecule has 2 amide bonds. The van der Waals surface area contributed by atoms with Crippen LogP contribution >= 0.6 is 0 Å². The van der Waals surface area contributed by atoms with Crippen molar-refractivity contribution in [3.8, 4) is 5.75 Å². The molecule has 0 saturated carbocycles. The number of fused-ring (bicyclic) bond motifs is 1. The molecule has 0 radical (unpaired) electrons. The lowest BCUT2D eigenvalue weighted by atomic mass is 9.95. The summed E-state index contributed by atoms with van der Waals surface area (Å²) in [4.78, 5) is 26.7. The highest BCUT2D eigenvalue weighted by atomic mass is 19.4. The molecule has 8 heteroatoms. The van der Waals surface area contributed by atoms with Gasteiger partial charge in [-0.05, 0) is 42.2 Å². The van der Waals surface area contributed by atoms with Gasteiger partial charge in [0, 0.05) is 19.5 Å². The van der Waals surface area contributed by atoms with E-state index in [0.717, 1.165) is 23.4 Å². The summed E-state index contributed by atoms with van der Waals surface area (Å²) in [5, 5.41) is 2.88. The van der Waals surface area contributed by atoms with Crippen LogP contribution in [0, 0.1) is 5.92 Å². The van der Waals surface area contributed by atoms with Crippen LogP contribution in [0.25, 0.3) is 0 Å². The van der Waals surface area contributed by atoms with Crippen molar-refractivity contribution >= 4 is 11.8 Å². The highest BCUT2D eigenvalue weighted by Gasteiger charge is 2.33. The third-order valence-corrected chi connectivity index (χ3v) is 5.76. The highest BCUT2D eigenvalue weighted by molar-refractivity contribution is 5.81. The molecule has 1 saturated heterocycles. The molecule has 4 rings (SSSR count). The minimum atomic E-state index is -4.49. The van der Waals surface area contributed by atoms with Gasteiger partial charge in [-0.1, -0.05) is 30.3 Å². The number of ether oxygens (including phenoxy) is 1. The van der Waals surface area contributed by atoms with Crippen LogP contribution in [0.2, 0.25) is 0 Å². The van der Waals surface area contributed by atoms with Crippen molar-refractivity contribution in [3.05, 3.63) is 65.2 Å². The van der Waals surface area contributed by atoms with Crippen LogP contribution in [0.3, 0.4) is 0 Å². The minimum Gasteiger partial charge on any atom is -0.492 e. The molecule has 0 aliphatic carbocycles. The van der Waals surface area contributed by atoms with Gasteiger partial charge in [-0.15, -0.1) is 0 Å². The van der Waals surface area contributed by atoms with Crippen LogP contribution < -0.4 is 10.1 Å². The second-order valence-electron chi connectivity index (χ2n) is 7.95. The van der Waals surface area contributed by atoms with Gasteiger partial charge in [0.15, 0.2) is 0 Å². The van der Waals surface area contributed by atoms with Gasteiger partial charge in [0.05, 0.1) is 17.5 Å². The van der Waals surface area contributed by atoms with Crippen molar-refractivity contribution in [2.24, 2.45) is 5.92 Å². The average Bonchev–Trinajstić information content (AvgIpc) is 3.16. The molecule has 2 aliphatic rings. The summed E-state index contributed by atoms with van der Waals surface area (Å²) in [7, 11) is 0. The van der Waals surface area contributed by atoms with Crippen LogP contribution in [0.4, 0.5) is 13.2 Å². The normalized spacial score (nSPS) is 19.5. The number of hydrogen-bond donors (Lipinski definition) is 1. The van der Waals surface area contributed by atoms with Crippen LogP contribution in [0.1, 0.15) is 35.6 Å². The number of hydrogen-bond acceptors (Lipinski definition) is 3. The van der Waals surface area contributed by atoms with Gasteiger partial charge < -0.3 is 15.0 Å². The van der Waals surface area contributed by atoms with Gasteiger partial charge in [0.2, 0.25) is 11.8 Å². The van der Waals surface area contributed by atoms with E-state index in [-0.39, 0.29) is 25.0 Å². The van der Waals surface area contributed by atoms with E-state index in [1.165, 1.54) is 6.07 Å². The first-order chi connectivity index (χ1) is 14.8. The van der Waals surface area contributed by atoms with E-state index in [1.54, 1.807) is 11.0 Å². The largest absolute Gasteiger partial charge is 0.492 e. The van der Waals surface area contributed by atoms with Crippen molar-refractivity contribution in [1.82, 2.24) is 10.2 Å². The molecule has 1 N–H and O–H groups in total. The summed E-state index contributed by atoms with van der Waals surface area (Å²) in [5.74, 6) is -0.0779. The quantitative estimate of drug-likeness (QED) is 0.783. The maximum absolute atomic E-state index is 13.2. The second kappa shape index (κ2) is 8.61. The lowest BCUT2D eigenvalue weighted by Crippen LogP contribution is -2.43. The number of rotatable bonds is 5. The minimum absolute atomic E-state index is 0.0545. The van der Waals surface area contributed by atoms with E-state index in [1.807, 2.05) is 24.3 Å². The average molecular weight is 432 g/mol. The van der Waals surface area contributed by atoms with Gasteiger partial charge in [0.25, 0.3) is 0 Å². The van der Waals surface area contributed by atoms with Gasteiger partial charge in [0.1, 0.15) is 12.4 Å². The zero-order valence-electron chi connectivity index (χ0n) is 16.8. The maximum Gasteiger partial charge on any atom is 0.416 e. The van der Waals surface area contributed by atoms with Crippen LogP contribution in [0.15, 0.2) is 48.5 Å². The Balaban J connectivity index is 1.55. The Morgan fingerprint density at radius 2 is 2.00 bits per heavy atom. The number of nitrogens with one attached hydrogen (secondary N) is 1. The van der Waals surface area contributed by atoms with Crippen molar-refractivity contribution in [2.75, 3.05) is 19.7 Å². The molecule has 1 fully saturated rings. The monoisotopic (exact) mass is 432 g/mol. The first-order valence-corrected chi connectivity index (χ1v) is 10.3. The maximum atomic E-state index is 13.2. The fourth-order valence-electron chi connectivity index (χ4n) is 4.07.